The predicted octanol–water partition coefficient (Wildman–Crippen LogP) is 5.01. The van der Waals surface area contributed by atoms with Crippen LogP contribution in [0.5, 0.6) is 0 Å². The van der Waals surface area contributed by atoms with E-state index in [9.17, 15) is 0 Å². The fourth-order valence-corrected chi connectivity index (χ4v) is 3.79. The molecule has 3 atom stereocenters. The monoisotopic (exact) mass is 253 g/mol. The van der Waals surface area contributed by atoms with Gasteiger partial charge in [-0.1, -0.05) is 47.0 Å². The minimum Gasteiger partial charge on any atom is -0.314 e. The maximum atomic E-state index is 3.84. The highest BCUT2D eigenvalue weighted by atomic mass is 14.9. The second-order valence-corrected chi connectivity index (χ2v) is 6.73. The fourth-order valence-electron chi connectivity index (χ4n) is 3.79. The minimum atomic E-state index is 0.793. The first-order valence-electron chi connectivity index (χ1n) is 8.40. The molecule has 1 saturated carbocycles. The van der Waals surface area contributed by atoms with Gasteiger partial charge in [0.25, 0.3) is 0 Å². The van der Waals surface area contributed by atoms with Gasteiger partial charge in [0.1, 0.15) is 0 Å². The fraction of sp³-hybridized carbons (Fsp3) is 1.00. The van der Waals surface area contributed by atoms with Crippen LogP contribution in [0.3, 0.4) is 0 Å². The second kappa shape index (κ2) is 8.96. The van der Waals surface area contributed by atoms with Crippen LogP contribution in [0.4, 0.5) is 0 Å². The van der Waals surface area contributed by atoms with Crippen molar-refractivity contribution in [2.45, 2.75) is 85.1 Å². The lowest BCUT2D eigenvalue weighted by Crippen LogP contribution is -2.40. The molecule has 1 heteroatoms. The topological polar surface area (TPSA) is 12.0 Å². The Labute approximate surface area is 115 Å². The van der Waals surface area contributed by atoms with Gasteiger partial charge in [0.15, 0.2) is 0 Å². The number of nitrogens with one attached hydrogen (secondary N) is 1. The average molecular weight is 253 g/mol. The number of unbranched alkanes of at least 4 members (excludes halogenated alkanes) is 2. The molecule has 0 aromatic carbocycles. The van der Waals surface area contributed by atoms with Gasteiger partial charge in [-0.3, -0.25) is 0 Å². The number of rotatable bonds is 8. The normalized spacial score (nSPS) is 30.3. The Morgan fingerprint density at radius 2 is 1.61 bits per heavy atom. The van der Waals surface area contributed by atoms with Crippen LogP contribution in [0.1, 0.15) is 79.1 Å². The molecule has 0 heterocycles. The Bertz CT molecular complexity index is 192. The van der Waals surface area contributed by atoms with E-state index in [4.69, 9.17) is 0 Å². The van der Waals surface area contributed by atoms with Crippen LogP contribution in [0, 0.1) is 17.8 Å². The molecular weight excluding hydrogens is 218 g/mol. The highest BCUT2D eigenvalue weighted by molar-refractivity contribution is 4.83. The molecule has 1 aliphatic rings. The average Bonchev–Trinajstić information content (AvgIpc) is 2.32. The summed E-state index contributed by atoms with van der Waals surface area (Å²) in [7, 11) is 0. The highest BCUT2D eigenvalue weighted by Crippen LogP contribution is 2.35. The summed E-state index contributed by atoms with van der Waals surface area (Å²) in [6.45, 7) is 10.7. The van der Waals surface area contributed by atoms with Crippen molar-refractivity contribution in [1.82, 2.24) is 5.32 Å². The summed E-state index contributed by atoms with van der Waals surface area (Å²) in [6, 6.07) is 0.793. The Morgan fingerprint density at radius 3 is 2.17 bits per heavy atom. The standard InChI is InChI=1S/C17H35N/c1-5-7-8-9-17(18-10-6-2)16-12-14(3)11-15(4)13-16/h14-18H,5-13H2,1-4H3. The second-order valence-electron chi connectivity index (χ2n) is 6.73. The SMILES string of the molecule is CCCCCC(NCCC)C1CC(C)CC(C)C1. The van der Waals surface area contributed by atoms with Crippen LogP contribution in [-0.2, 0) is 0 Å². The molecule has 1 N–H and O–H groups in total. The van der Waals surface area contributed by atoms with Crippen LogP contribution in [-0.4, -0.2) is 12.6 Å². The molecule has 0 aromatic heterocycles. The lowest BCUT2D eigenvalue weighted by atomic mass is 9.73. The van der Waals surface area contributed by atoms with Crippen molar-refractivity contribution in [3.05, 3.63) is 0 Å². The van der Waals surface area contributed by atoms with Crippen molar-refractivity contribution in [2.75, 3.05) is 6.54 Å². The Balaban J connectivity index is 2.45. The largest absolute Gasteiger partial charge is 0.314 e. The van der Waals surface area contributed by atoms with Gasteiger partial charge in [-0.25, -0.2) is 0 Å². The van der Waals surface area contributed by atoms with Crippen molar-refractivity contribution in [3.63, 3.8) is 0 Å². The zero-order valence-corrected chi connectivity index (χ0v) is 13.2. The van der Waals surface area contributed by atoms with Crippen LogP contribution in [0.2, 0.25) is 0 Å². The van der Waals surface area contributed by atoms with Crippen LogP contribution in [0.25, 0.3) is 0 Å². The van der Waals surface area contributed by atoms with E-state index in [0.29, 0.717) is 0 Å². The van der Waals surface area contributed by atoms with Gasteiger partial charge in [0.2, 0.25) is 0 Å². The van der Waals surface area contributed by atoms with E-state index in [1.54, 1.807) is 0 Å². The summed E-state index contributed by atoms with van der Waals surface area (Å²) in [4.78, 5) is 0. The molecule has 18 heavy (non-hydrogen) atoms. The van der Waals surface area contributed by atoms with Crippen molar-refractivity contribution in [2.24, 2.45) is 17.8 Å². The lowest BCUT2D eigenvalue weighted by Gasteiger charge is -2.37. The third-order valence-corrected chi connectivity index (χ3v) is 4.56. The maximum absolute atomic E-state index is 3.84. The summed E-state index contributed by atoms with van der Waals surface area (Å²) in [5, 5.41) is 3.84. The molecular formula is C17H35N. The molecule has 1 aliphatic carbocycles. The third-order valence-electron chi connectivity index (χ3n) is 4.56. The van der Waals surface area contributed by atoms with E-state index >= 15 is 0 Å². The van der Waals surface area contributed by atoms with Gasteiger partial charge < -0.3 is 5.32 Å². The van der Waals surface area contributed by atoms with Gasteiger partial charge in [-0.2, -0.15) is 0 Å². The summed E-state index contributed by atoms with van der Waals surface area (Å²) in [5.41, 5.74) is 0. The van der Waals surface area contributed by atoms with Crippen molar-refractivity contribution in [1.29, 1.82) is 0 Å². The Morgan fingerprint density at radius 1 is 0.944 bits per heavy atom. The summed E-state index contributed by atoms with van der Waals surface area (Å²) in [6.07, 6.45) is 11.2. The molecule has 0 spiro atoms. The number of hydrogen-bond donors (Lipinski definition) is 1. The van der Waals surface area contributed by atoms with E-state index < -0.39 is 0 Å². The van der Waals surface area contributed by atoms with E-state index in [1.165, 1.54) is 57.9 Å². The predicted molar refractivity (Wildman–Crippen MR) is 81.9 cm³/mol. The van der Waals surface area contributed by atoms with Gasteiger partial charge in [0.05, 0.1) is 0 Å². The maximum Gasteiger partial charge on any atom is 0.00955 e. The molecule has 0 aromatic rings. The van der Waals surface area contributed by atoms with E-state index in [0.717, 1.165) is 23.8 Å². The van der Waals surface area contributed by atoms with Gasteiger partial charge in [-0.15, -0.1) is 0 Å². The van der Waals surface area contributed by atoms with Crippen molar-refractivity contribution >= 4 is 0 Å². The minimum absolute atomic E-state index is 0.793. The molecule has 1 fully saturated rings. The molecule has 0 saturated heterocycles. The molecule has 0 amide bonds. The molecule has 0 radical (unpaired) electrons. The highest BCUT2D eigenvalue weighted by Gasteiger charge is 2.29. The molecule has 1 nitrogen and oxygen atoms in total. The van der Waals surface area contributed by atoms with Crippen LogP contribution in [0.15, 0.2) is 0 Å². The van der Waals surface area contributed by atoms with E-state index in [-0.39, 0.29) is 0 Å². The van der Waals surface area contributed by atoms with Crippen LogP contribution < -0.4 is 5.32 Å². The summed E-state index contributed by atoms with van der Waals surface area (Å²) in [5.74, 6) is 2.82. The zero-order chi connectivity index (χ0) is 13.4. The molecule has 108 valence electrons. The smallest absolute Gasteiger partial charge is 0.00955 e. The quantitative estimate of drug-likeness (QED) is 0.600. The molecule has 0 aliphatic heterocycles. The van der Waals surface area contributed by atoms with E-state index in [1.807, 2.05) is 0 Å². The van der Waals surface area contributed by atoms with Crippen molar-refractivity contribution < 1.29 is 0 Å². The lowest BCUT2D eigenvalue weighted by molar-refractivity contribution is 0.169. The number of hydrogen-bond acceptors (Lipinski definition) is 1. The van der Waals surface area contributed by atoms with Crippen LogP contribution >= 0.6 is 0 Å². The summed E-state index contributed by atoms with van der Waals surface area (Å²) < 4.78 is 0. The van der Waals surface area contributed by atoms with Gasteiger partial charge in [0, 0.05) is 6.04 Å². The summed E-state index contributed by atoms with van der Waals surface area (Å²) >= 11 is 0. The molecule has 1 rings (SSSR count). The van der Waals surface area contributed by atoms with Gasteiger partial charge >= 0.3 is 0 Å². The van der Waals surface area contributed by atoms with Gasteiger partial charge in [-0.05, 0) is 56.4 Å². The first kappa shape index (κ1) is 16.0. The molecule has 0 bridgehead atoms. The first-order valence-corrected chi connectivity index (χ1v) is 8.40. The Hall–Kier alpha value is -0.0400. The van der Waals surface area contributed by atoms with Crippen molar-refractivity contribution in [3.8, 4) is 0 Å². The third kappa shape index (κ3) is 5.73. The zero-order valence-electron chi connectivity index (χ0n) is 13.2. The van der Waals surface area contributed by atoms with E-state index in [2.05, 4.69) is 33.0 Å². The Kier molecular flexibility index (Phi) is 7.97. The molecule has 3 unspecified atom stereocenters. The first-order chi connectivity index (χ1) is 8.67.